The van der Waals surface area contributed by atoms with Gasteiger partial charge in [0.1, 0.15) is 5.82 Å². The average Bonchev–Trinajstić information content (AvgIpc) is 2.75. The highest BCUT2D eigenvalue weighted by molar-refractivity contribution is 5.04. The number of rotatable bonds is 3. The molecule has 3 heteroatoms. The number of piperidine rings is 1. The van der Waals surface area contributed by atoms with E-state index < -0.39 is 0 Å². The summed E-state index contributed by atoms with van der Waals surface area (Å²) >= 11 is 0. The zero-order valence-corrected chi connectivity index (χ0v) is 11.4. The maximum Gasteiger partial charge on any atom is 0.114 e. The molecular weight excluding hydrogens is 210 g/mol. The Kier molecular flexibility index (Phi) is 3.87. The lowest BCUT2D eigenvalue weighted by Crippen LogP contribution is -2.33. The fourth-order valence-corrected chi connectivity index (χ4v) is 2.57. The Morgan fingerprint density at radius 2 is 1.82 bits per heavy atom. The van der Waals surface area contributed by atoms with Crippen LogP contribution in [0.3, 0.4) is 0 Å². The topological polar surface area (TPSA) is 21.1 Å². The van der Waals surface area contributed by atoms with E-state index in [0.717, 1.165) is 6.54 Å². The molecule has 0 N–H and O–H groups in total. The summed E-state index contributed by atoms with van der Waals surface area (Å²) in [5, 5.41) is 0. The van der Waals surface area contributed by atoms with E-state index >= 15 is 0 Å². The van der Waals surface area contributed by atoms with Crippen LogP contribution in [-0.4, -0.2) is 34.1 Å². The molecule has 1 aliphatic heterocycles. The molecule has 96 valence electrons. The lowest BCUT2D eigenvalue weighted by Gasteiger charge is -2.27. The molecule has 0 saturated carbocycles. The minimum absolute atomic E-state index is 0.144. The van der Waals surface area contributed by atoms with Gasteiger partial charge in [0, 0.05) is 30.9 Å². The Labute approximate surface area is 105 Å². The quantitative estimate of drug-likeness (QED) is 0.803. The second-order valence-corrected chi connectivity index (χ2v) is 6.10. The third-order valence-corrected chi connectivity index (χ3v) is 3.49. The van der Waals surface area contributed by atoms with Crippen molar-refractivity contribution in [1.29, 1.82) is 0 Å². The smallest absolute Gasteiger partial charge is 0.114 e. The molecule has 1 fully saturated rings. The monoisotopic (exact) mass is 235 g/mol. The highest BCUT2D eigenvalue weighted by Crippen LogP contribution is 2.20. The number of hydrogen-bond donors (Lipinski definition) is 0. The third-order valence-electron chi connectivity index (χ3n) is 3.49. The van der Waals surface area contributed by atoms with Gasteiger partial charge in [-0.25, -0.2) is 4.98 Å². The normalized spacial score (nSPS) is 18.5. The summed E-state index contributed by atoms with van der Waals surface area (Å²) in [6.45, 7) is 11.5. The predicted octanol–water partition coefficient (Wildman–Crippen LogP) is 2.67. The molecular formula is C14H25N3. The van der Waals surface area contributed by atoms with E-state index in [1.807, 2.05) is 6.20 Å². The molecule has 0 unspecified atom stereocenters. The molecule has 1 aromatic heterocycles. The van der Waals surface area contributed by atoms with Crippen LogP contribution >= 0.6 is 0 Å². The SMILES string of the molecule is CC(C)(C)c1nccn1CCN1CCCCC1. The highest BCUT2D eigenvalue weighted by atomic mass is 15.2. The Morgan fingerprint density at radius 3 is 2.47 bits per heavy atom. The van der Waals surface area contributed by atoms with Gasteiger partial charge < -0.3 is 9.47 Å². The van der Waals surface area contributed by atoms with E-state index in [-0.39, 0.29) is 5.41 Å². The van der Waals surface area contributed by atoms with Crippen molar-refractivity contribution in [2.45, 2.75) is 52.0 Å². The van der Waals surface area contributed by atoms with Crippen LogP contribution in [-0.2, 0) is 12.0 Å². The summed E-state index contributed by atoms with van der Waals surface area (Å²) in [7, 11) is 0. The molecule has 0 spiro atoms. The number of nitrogens with zero attached hydrogens (tertiary/aromatic N) is 3. The minimum atomic E-state index is 0.144. The maximum atomic E-state index is 4.50. The summed E-state index contributed by atoms with van der Waals surface area (Å²) in [5.41, 5.74) is 0.144. The van der Waals surface area contributed by atoms with Crippen molar-refractivity contribution >= 4 is 0 Å². The molecule has 0 atom stereocenters. The number of aromatic nitrogens is 2. The molecule has 1 aliphatic rings. The molecule has 0 aromatic carbocycles. The van der Waals surface area contributed by atoms with Crippen LogP contribution in [0.5, 0.6) is 0 Å². The summed E-state index contributed by atoms with van der Waals surface area (Å²) in [5.74, 6) is 1.20. The van der Waals surface area contributed by atoms with E-state index in [1.165, 1.54) is 44.7 Å². The molecule has 0 radical (unpaired) electrons. The van der Waals surface area contributed by atoms with Gasteiger partial charge in [0.15, 0.2) is 0 Å². The van der Waals surface area contributed by atoms with E-state index in [0.29, 0.717) is 0 Å². The maximum absolute atomic E-state index is 4.50. The molecule has 3 nitrogen and oxygen atoms in total. The fourth-order valence-electron chi connectivity index (χ4n) is 2.57. The van der Waals surface area contributed by atoms with Crippen molar-refractivity contribution in [3.8, 4) is 0 Å². The van der Waals surface area contributed by atoms with Crippen molar-refractivity contribution < 1.29 is 0 Å². The fraction of sp³-hybridized carbons (Fsp3) is 0.786. The Morgan fingerprint density at radius 1 is 1.12 bits per heavy atom. The number of likely N-dealkylation sites (tertiary alicyclic amines) is 1. The Hall–Kier alpha value is -0.830. The standard InChI is InChI=1S/C14H25N3/c1-14(2,3)13-15-7-10-17(13)12-11-16-8-5-4-6-9-16/h7,10H,4-6,8-9,11-12H2,1-3H3. The van der Waals surface area contributed by atoms with Gasteiger partial charge in [-0.2, -0.15) is 0 Å². The second-order valence-electron chi connectivity index (χ2n) is 6.10. The zero-order valence-electron chi connectivity index (χ0n) is 11.4. The van der Waals surface area contributed by atoms with Gasteiger partial charge in [0.2, 0.25) is 0 Å². The van der Waals surface area contributed by atoms with Crippen molar-refractivity contribution in [2.24, 2.45) is 0 Å². The zero-order chi connectivity index (χ0) is 12.3. The molecule has 1 aromatic rings. The van der Waals surface area contributed by atoms with Gasteiger partial charge >= 0.3 is 0 Å². The summed E-state index contributed by atoms with van der Waals surface area (Å²) < 4.78 is 2.31. The lowest BCUT2D eigenvalue weighted by molar-refractivity contribution is 0.219. The van der Waals surface area contributed by atoms with E-state index in [4.69, 9.17) is 0 Å². The molecule has 17 heavy (non-hydrogen) atoms. The van der Waals surface area contributed by atoms with E-state index in [1.54, 1.807) is 0 Å². The van der Waals surface area contributed by atoms with Crippen LogP contribution in [0.25, 0.3) is 0 Å². The molecule has 1 saturated heterocycles. The molecule has 0 amide bonds. The van der Waals surface area contributed by atoms with Gasteiger partial charge in [0.05, 0.1) is 0 Å². The van der Waals surface area contributed by atoms with Crippen LogP contribution in [0.15, 0.2) is 12.4 Å². The first kappa shape index (κ1) is 12.6. The molecule has 2 heterocycles. The Balaban J connectivity index is 1.92. The van der Waals surface area contributed by atoms with Gasteiger partial charge in [-0.05, 0) is 25.9 Å². The van der Waals surface area contributed by atoms with Crippen molar-refractivity contribution in [3.05, 3.63) is 18.2 Å². The summed E-state index contributed by atoms with van der Waals surface area (Å²) in [4.78, 5) is 7.07. The van der Waals surface area contributed by atoms with Crippen LogP contribution in [0.4, 0.5) is 0 Å². The van der Waals surface area contributed by atoms with Gasteiger partial charge in [-0.3, -0.25) is 0 Å². The first-order valence-corrected chi connectivity index (χ1v) is 6.81. The lowest BCUT2D eigenvalue weighted by atomic mass is 9.96. The van der Waals surface area contributed by atoms with Crippen LogP contribution in [0.1, 0.15) is 45.9 Å². The summed E-state index contributed by atoms with van der Waals surface area (Å²) in [6.07, 6.45) is 8.20. The van der Waals surface area contributed by atoms with Crippen LogP contribution in [0, 0.1) is 0 Å². The van der Waals surface area contributed by atoms with Gasteiger partial charge in [0.25, 0.3) is 0 Å². The largest absolute Gasteiger partial charge is 0.333 e. The van der Waals surface area contributed by atoms with Crippen LogP contribution in [0.2, 0.25) is 0 Å². The first-order valence-electron chi connectivity index (χ1n) is 6.81. The van der Waals surface area contributed by atoms with Gasteiger partial charge in [-0.1, -0.05) is 27.2 Å². The first-order chi connectivity index (χ1) is 8.07. The van der Waals surface area contributed by atoms with Crippen molar-refractivity contribution in [2.75, 3.05) is 19.6 Å². The van der Waals surface area contributed by atoms with Crippen molar-refractivity contribution in [1.82, 2.24) is 14.5 Å². The third kappa shape index (κ3) is 3.32. The number of imidazole rings is 1. The van der Waals surface area contributed by atoms with E-state index in [9.17, 15) is 0 Å². The van der Waals surface area contributed by atoms with Crippen LogP contribution < -0.4 is 0 Å². The molecule has 2 rings (SSSR count). The molecule has 0 aliphatic carbocycles. The van der Waals surface area contributed by atoms with Crippen molar-refractivity contribution in [3.63, 3.8) is 0 Å². The number of hydrogen-bond acceptors (Lipinski definition) is 2. The summed E-state index contributed by atoms with van der Waals surface area (Å²) in [6, 6.07) is 0. The second kappa shape index (κ2) is 5.21. The predicted molar refractivity (Wildman–Crippen MR) is 71.2 cm³/mol. The Bertz CT molecular complexity index is 343. The minimum Gasteiger partial charge on any atom is -0.333 e. The van der Waals surface area contributed by atoms with E-state index in [2.05, 4.69) is 41.4 Å². The average molecular weight is 235 g/mol. The van der Waals surface area contributed by atoms with Gasteiger partial charge in [-0.15, -0.1) is 0 Å². The highest BCUT2D eigenvalue weighted by Gasteiger charge is 2.19. The molecule has 0 bridgehead atoms.